The maximum atomic E-state index is 11.1. The van der Waals surface area contributed by atoms with Crippen molar-refractivity contribution in [2.45, 2.75) is 6.92 Å². The van der Waals surface area contributed by atoms with E-state index in [0.29, 0.717) is 11.4 Å². The minimum absolute atomic E-state index is 0.165. The van der Waals surface area contributed by atoms with Gasteiger partial charge in [-0.05, 0) is 34.5 Å². The van der Waals surface area contributed by atoms with Crippen molar-refractivity contribution in [2.24, 2.45) is 0 Å². The summed E-state index contributed by atoms with van der Waals surface area (Å²) in [6, 6.07) is 1.66. The van der Waals surface area contributed by atoms with E-state index in [2.05, 4.69) is 26.0 Å². The van der Waals surface area contributed by atoms with Crippen molar-refractivity contribution in [3.05, 3.63) is 40.3 Å². The molecule has 0 atom stereocenters. The normalized spacial score (nSPS) is 10.4. The molecule has 82 valence electrons. The van der Waals surface area contributed by atoms with E-state index in [-0.39, 0.29) is 5.56 Å². The molecule has 0 aromatic carbocycles. The topological polar surface area (TPSA) is 68.0 Å². The highest BCUT2D eigenvalue weighted by Gasteiger charge is 2.16. The Morgan fingerprint density at radius 1 is 1.56 bits per heavy atom. The maximum absolute atomic E-state index is 11.1. The van der Waals surface area contributed by atoms with Crippen LogP contribution >= 0.6 is 15.9 Å². The number of aromatic carboxylic acids is 1. The van der Waals surface area contributed by atoms with Crippen molar-refractivity contribution in [2.75, 3.05) is 0 Å². The lowest BCUT2D eigenvalue weighted by molar-refractivity contribution is 0.0695. The van der Waals surface area contributed by atoms with Crippen LogP contribution in [0.2, 0.25) is 0 Å². The van der Waals surface area contributed by atoms with Crippen molar-refractivity contribution in [1.82, 2.24) is 14.8 Å². The first-order valence-corrected chi connectivity index (χ1v) is 5.28. The molecule has 0 bridgehead atoms. The highest BCUT2D eigenvalue weighted by atomic mass is 79.9. The Morgan fingerprint density at radius 2 is 2.31 bits per heavy atom. The highest BCUT2D eigenvalue weighted by molar-refractivity contribution is 9.10. The van der Waals surface area contributed by atoms with E-state index < -0.39 is 5.97 Å². The first-order valence-electron chi connectivity index (χ1n) is 4.49. The molecule has 0 unspecified atom stereocenters. The van der Waals surface area contributed by atoms with Crippen molar-refractivity contribution in [3.8, 4) is 5.82 Å². The lowest BCUT2D eigenvalue weighted by Gasteiger charge is -2.06. The summed E-state index contributed by atoms with van der Waals surface area (Å²) in [4.78, 5) is 15.2. The van der Waals surface area contributed by atoms with Crippen LogP contribution in [0.5, 0.6) is 0 Å². The SMILES string of the molecule is Cc1ccnc(-n2cc(Br)cn2)c1C(=O)O. The van der Waals surface area contributed by atoms with E-state index in [1.807, 2.05) is 0 Å². The zero-order chi connectivity index (χ0) is 11.7. The molecule has 16 heavy (non-hydrogen) atoms. The fourth-order valence-corrected chi connectivity index (χ4v) is 1.68. The third kappa shape index (κ3) is 1.83. The molecule has 1 N–H and O–H groups in total. The van der Waals surface area contributed by atoms with Crippen LogP contribution in [0.1, 0.15) is 15.9 Å². The molecule has 0 aliphatic carbocycles. The lowest BCUT2D eigenvalue weighted by atomic mass is 10.1. The summed E-state index contributed by atoms with van der Waals surface area (Å²) < 4.78 is 2.20. The second-order valence-corrected chi connectivity index (χ2v) is 4.15. The summed E-state index contributed by atoms with van der Waals surface area (Å²) in [5.74, 6) is -0.689. The average Bonchev–Trinajstić information content (AvgIpc) is 2.63. The van der Waals surface area contributed by atoms with Gasteiger partial charge in [0, 0.05) is 12.4 Å². The maximum Gasteiger partial charge on any atom is 0.339 e. The van der Waals surface area contributed by atoms with Gasteiger partial charge >= 0.3 is 5.97 Å². The second kappa shape index (κ2) is 4.05. The molecule has 0 aliphatic rings. The van der Waals surface area contributed by atoms with Gasteiger partial charge in [0.15, 0.2) is 5.82 Å². The molecule has 0 fully saturated rings. The van der Waals surface area contributed by atoms with Crippen LogP contribution in [0.25, 0.3) is 5.82 Å². The predicted octanol–water partition coefficient (Wildman–Crippen LogP) is 2.04. The van der Waals surface area contributed by atoms with Crippen LogP contribution in [0.3, 0.4) is 0 Å². The number of nitrogens with zero attached hydrogens (tertiary/aromatic N) is 3. The number of halogens is 1. The van der Waals surface area contributed by atoms with Crippen molar-refractivity contribution in [1.29, 1.82) is 0 Å². The molecule has 2 heterocycles. The third-order valence-corrected chi connectivity index (χ3v) is 2.53. The number of aromatic nitrogens is 3. The molecule has 0 saturated carbocycles. The fraction of sp³-hybridized carbons (Fsp3) is 0.100. The van der Waals surface area contributed by atoms with Gasteiger partial charge in [-0.2, -0.15) is 5.10 Å². The Hall–Kier alpha value is -1.69. The highest BCUT2D eigenvalue weighted by Crippen LogP contribution is 2.17. The molecule has 0 spiro atoms. The Balaban J connectivity index is 2.65. The summed E-state index contributed by atoms with van der Waals surface area (Å²) in [5.41, 5.74) is 0.822. The van der Waals surface area contributed by atoms with E-state index >= 15 is 0 Å². The number of hydrogen-bond acceptors (Lipinski definition) is 3. The zero-order valence-corrected chi connectivity index (χ0v) is 9.97. The van der Waals surface area contributed by atoms with Gasteiger partial charge in [-0.3, -0.25) is 0 Å². The smallest absolute Gasteiger partial charge is 0.339 e. The van der Waals surface area contributed by atoms with Gasteiger partial charge in [0.25, 0.3) is 0 Å². The van der Waals surface area contributed by atoms with Crippen LogP contribution in [-0.2, 0) is 0 Å². The van der Waals surface area contributed by atoms with Gasteiger partial charge in [-0.15, -0.1) is 0 Å². The lowest BCUT2D eigenvalue weighted by Crippen LogP contribution is -2.10. The van der Waals surface area contributed by atoms with E-state index in [9.17, 15) is 4.79 Å². The minimum atomic E-state index is -1.01. The number of aryl methyl sites for hydroxylation is 1. The molecule has 0 aliphatic heterocycles. The summed E-state index contributed by atoms with van der Waals surface area (Å²) in [6.07, 6.45) is 4.80. The Bertz CT molecular complexity index is 551. The van der Waals surface area contributed by atoms with Gasteiger partial charge in [-0.25, -0.2) is 14.5 Å². The largest absolute Gasteiger partial charge is 0.478 e. The van der Waals surface area contributed by atoms with E-state index in [1.165, 1.54) is 4.68 Å². The van der Waals surface area contributed by atoms with Crippen LogP contribution in [-0.4, -0.2) is 25.8 Å². The van der Waals surface area contributed by atoms with Crippen LogP contribution in [0.4, 0.5) is 0 Å². The van der Waals surface area contributed by atoms with E-state index in [1.54, 1.807) is 31.6 Å². The van der Waals surface area contributed by atoms with Gasteiger partial charge in [-0.1, -0.05) is 0 Å². The van der Waals surface area contributed by atoms with Crippen LogP contribution in [0, 0.1) is 6.92 Å². The van der Waals surface area contributed by atoms with Gasteiger partial charge in [0.05, 0.1) is 10.7 Å². The number of pyridine rings is 1. The molecule has 2 aromatic heterocycles. The quantitative estimate of drug-likeness (QED) is 0.915. The van der Waals surface area contributed by atoms with Gasteiger partial charge in [0.1, 0.15) is 5.56 Å². The Morgan fingerprint density at radius 3 is 2.88 bits per heavy atom. The molecule has 5 nitrogen and oxygen atoms in total. The molecule has 0 saturated heterocycles. The van der Waals surface area contributed by atoms with Gasteiger partial charge in [0.2, 0.25) is 0 Å². The molecule has 2 rings (SSSR count). The van der Waals surface area contributed by atoms with E-state index in [0.717, 1.165) is 4.47 Å². The molecular weight excluding hydrogens is 274 g/mol. The molecule has 0 amide bonds. The fourth-order valence-electron chi connectivity index (χ4n) is 1.40. The molecule has 0 radical (unpaired) electrons. The van der Waals surface area contributed by atoms with Crippen molar-refractivity contribution in [3.63, 3.8) is 0 Å². The predicted molar refractivity (Wildman–Crippen MR) is 60.8 cm³/mol. The second-order valence-electron chi connectivity index (χ2n) is 3.23. The Labute approximate surface area is 99.9 Å². The molecule has 2 aromatic rings. The first kappa shape index (κ1) is 10.8. The average molecular weight is 282 g/mol. The number of rotatable bonds is 2. The minimum Gasteiger partial charge on any atom is -0.478 e. The molecular formula is C10H8BrN3O2. The summed E-state index contributed by atoms with van der Waals surface area (Å²) in [7, 11) is 0. The first-order chi connectivity index (χ1) is 7.59. The number of carboxylic acid groups (broad SMARTS) is 1. The molecule has 6 heteroatoms. The zero-order valence-electron chi connectivity index (χ0n) is 8.38. The summed E-state index contributed by atoms with van der Waals surface area (Å²) >= 11 is 3.25. The number of hydrogen-bond donors (Lipinski definition) is 1. The van der Waals surface area contributed by atoms with Crippen LogP contribution < -0.4 is 0 Å². The van der Waals surface area contributed by atoms with Crippen molar-refractivity contribution >= 4 is 21.9 Å². The number of carboxylic acids is 1. The van der Waals surface area contributed by atoms with Crippen molar-refractivity contribution < 1.29 is 9.90 Å². The third-order valence-electron chi connectivity index (χ3n) is 2.12. The summed E-state index contributed by atoms with van der Waals surface area (Å²) in [5, 5.41) is 13.1. The van der Waals surface area contributed by atoms with Gasteiger partial charge < -0.3 is 5.11 Å². The standard InChI is InChI=1S/C10H8BrN3O2/c1-6-2-3-12-9(8(6)10(15)16)14-5-7(11)4-13-14/h2-5H,1H3,(H,15,16). The van der Waals surface area contributed by atoms with Crippen LogP contribution in [0.15, 0.2) is 29.1 Å². The number of carbonyl (C=O) groups is 1. The Kier molecular flexibility index (Phi) is 2.74. The summed E-state index contributed by atoms with van der Waals surface area (Å²) in [6.45, 7) is 1.73. The van der Waals surface area contributed by atoms with E-state index in [4.69, 9.17) is 5.11 Å². The monoisotopic (exact) mass is 281 g/mol.